The van der Waals surface area contributed by atoms with Crippen LogP contribution in [-0.4, -0.2) is 31.1 Å². The van der Waals surface area contributed by atoms with E-state index in [1.165, 1.54) is 31.7 Å². The van der Waals surface area contributed by atoms with Crippen LogP contribution in [0.1, 0.15) is 5.56 Å². The molecule has 15 heavy (non-hydrogen) atoms. The summed E-state index contributed by atoms with van der Waals surface area (Å²) in [6.45, 7) is 6.49. The standard InChI is InChI=1S/C13H18N2/c1-2-4-11(5-3-1)8-15-9-12-6-14-7-13(12)10-15/h1-5,12-14H,6-10H2/p+1/t12-,13-/m0/s1. The van der Waals surface area contributed by atoms with Gasteiger partial charge in [-0.2, -0.15) is 0 Å². The predicted octanol–water partition coefficient (Wildman–Crippen LogP) is 0.312. The normalized spacial score (nSPS) is 30.7. The fourth-order valence-electron chi connectivity index (χ4n) is 3.07. The molecule has 2 atom stereocenters. The summed E-state index contributed by atoms with van der Waals surface area (Å²) >= 11 is 0. The van der Waals surface area contributed by atoms with Gasteiger partial charge in [-0.3, -0.25) is 4.90 Å². The maximum absolute atomic E-state index is 2.62. The molecule has 2 aliphatic rings. The van der Waals surface area contributed by atoms with Gasteiger partial charge >= 0.3 is 0 Å². The van der Waals surface area contributed by atoms with E-state index in [2.05, 4.69) is 40.5 Å². The van der Waals surface area contributed by atoms with Crippen LogP contribution in [0.25, 0.3) is 0 Å². The largest absolute Gasteiger partial charge is 0.346 e. The maximum Gasteiger partial charge on any atom is 0.0801 e. The number of nitrogens with zero attached hydrogens (tertiary/aromatic N) is 1. The average molecular weight is 203 g/mol. The summed E-state index contributed by atoms with van der Waals surface area (Å²) in [6.07, 6.45) is 0. The average Bonchev–Trinajstić information content (AvgIpc) is 2.79. The molecule has 80 valence electrons. The Labute approximate surface area is 91.3 Å². The third kappa shape index (κ3) is 1.92. The zero-order valence-electron chi connectivity index (χ0n) is 9.10. The molecule has 1 aromatic rings. The Balaban J connectivity index is 1.62. The van der Waals surface area contributed by atoms with E-state index in [-0.39, 0.29) is 0 Å². The van der Waals surface area contributed by atoms with Crippen molar-refractivity contribution in [3.8, 4) is 0 Å². The first kappa shape index (κ1) is 9.37. The molecule has 3 rings (SSSR count). The summed E-state index contributed by atoms with van der Waals surface area (Å²) in [6, 6.07) is 10.8. The third-order valence-corrected chi connectivity index (χ3v) is 3.84. The van der Waals surface area contributed by atoms with Gasteiger partial charge in [0.25, 0.3) is 0 Å². The molecule has 2 aliphatic heterocycles. The fraction of sp³-hybridized carbons (Fsp3) is 0.538. The summed E-state index contributed by atoms with van der Waals surface area (Å²) in [5, 5.41) is 2.48. The van der Waals surface area contributed by atoms with Crippen molar-refractivity contribution < 1.29 is 5.32 Å². The van der Waals surface area contributed by atoms with E-state index in [9.17, 15) is 0 Å². The van der Waals surface area contributed by atoms with Crippen molar-refractivity contribution in [2.45, 2.75) is 6.54 Å². The van der Waals surface area contributed by atoms with Crippen LogP contribution in [0.4, 0.5) is 0 Å². The van der Waals surface area contributed by atoms with Crippen LogP contribution in [-0.2, 0) is 6.54 Å². The predicted molar refractivity (Wildman–Crippen MR) is 60.4 cm³/mol. The molecule has 0 spiro atoms. The van der Waals surface area contributed by atoms with Crippen molar-refractivity contribution in [3.63, 3.8) is 0 Å². The van der Waals surface area contributed by atoms with Crippen LogP contribution in [0.2, 0.25) is 0 Å². The van der Waals surface area contributed by atoms with E-state index in [0.717, 1.165) is 18.4 Å². The Morgan fingerprint density at radius 3 is 2.40 bits per heavy atom. The van der Waals surface area contributed by atoms with Crippen LogP contribution in [0.3, 0.4) is 0 Å². The van der Waals surface area contributed by atoms with Gasteiger partial charge in [-0.15, -0.1) is 0 Å². The lowest BCUT2D eigenvalue weighted by atomic mass is 10.0. The molecule has 2 N–H and O–H groups in total. The van der Waals surface area contributed by atoms with Gasteiger partial charge in [-0.1, -0.05) is 30.3 Å². The Hall–Kier alpha value is -0.860. The molecule has 0 aromatic heterocycles. The van der Waals surface area contributed by atoms with E-state index in [1.807, 2.05) is 0 Å². The molecule has 0 unspecified atom stereocenters. The molecular formula is C13H19N2+. The summed E-state index contributed by atoms with van der Waals surface area (Å²) in [5.74, 6) is 1.93. The van der Waals surface area contributed by atoms with E-state index >= 15 is 0 Å². The fourth-order valence-corrected chi connectivity index (χ4v) is 3.07. The van der Waals surface area contributed by atoms with Gasteiger partial charge in [0.15, 0.2) is 0 Å². The number of likely N-dealkylation sites (tertiary alicyclic amines) is 1. The first-order chi connectivity index (χ1) is 7.42. The van der Waals surface area contributed by atoms with Crippen molar-refractivity contribution >= 4 is 0 Å². The zero-order chi connectivity index (χ0) is 10.1. The lowest BCUT2D eigenvalue weighted by molar-refractivity contribution is -0.640. The van der Waals surface area contributed by atoms with Crippen molar-refractivity contribution in [2.75, 3.05) is 26.2 Å². The highest BCUT2D eigenvalue weighted by Crippen LogP contribution is 2.24. The van der Waals surface area contributed by atoms with Gasteiger partial charge in [0.1, 0.15) is 0 Å². The van der Waals surface area contributed by atoms with E-state index in [1.54, 1.807) is 0 Å². The summed E-state index contributed by atoms with van der Waals surface area (Å²) in [7, 11) is 0. The molecule has 0 bridgehead atoms. The number of quaternary nitrogens is 1. The summed E-state index contributed by atoms with van der Waals surface area (Å²) in [4.78, 5) is 2.62. The first-order valence-corrected chi connectivity index (χ1v) is 6.00. The molecule has 0 amide bonds. The molecule has 2 fully saturated rings. The topological polar surface area (TPSA) is 19.9 Å². The van der Waals surface area contributed by atoms with Crippen LogP contribution in [0.15, 0.2) is 30.3 Å². The monoisotopic (exact) mass is 203 g/mol. The van der Waals surface area contributed by atoms with Crippen molar-refractivity contribution in [2.24, 2.45) is 11.8 Å². The number of rotatable bonds is 2. The van der Waals surface area contributed by atoms with Crippen molar-refractivity contribution in [1.82, 2.24) is 4.90 Å². The van der Waals surface area contributed by atoms with Gasteiger partial charge in [0.05, 0.1) is 13.1 Å². The number of benzene rings is 1. The Morgan fingerprint density at radius 2 is 1.73 bits per heavy atom. The lowest BCUT2D eigenvalue weighted by Crippen LogP contribution is -2.82. The number of nitrogens with two attached hydrogens (primary N) is 1. The molecule has 2 heteroatoms. The van der Waals surface area contributed by atoms with Gasteiger partial charge in [-0.25, -0.2) is 0 Å². The van der Waals surface area contributed by atoms with Crippen LogP contribution >= 0.6 is 0 Å². The molecule has 2 saturated heterocycles. The second-order valence-electron chi connectivity index (χ2n) is 4.96. The SMILES string of the molecule is c1ccc(CN2C[C@@H]3C[NH2+]C[C@H]3C2)cc1. The quantitative estimate of drug-likeness (QED) is 0.733. The third-order valence-electron chi connectivity index (χ3n) is 3.84. The highest BCUT2D eigenvalue weighted by atomic mass is 15.2. The minimum absolute atomic E-state index is 0.966. The van der Waals surface area contributed by atoms with Crippen molar-refractivity contribution in [1.29, 1.82) is 0 Å². The summed E-state index contributed by atoms with van der Waals surface area (Å²) < 4.78 is 0. The molecule has 0 radical (unpaired) electrons. The van der Waals surface area contributed by atoms with E-state index in [0.29, 0.717) is 0 Å². The lowest BCUT2D eigenvalue weighted by Gasteiger charge is -2.16. The summed E-state index contributed by atoms with van der Waals surface area (Å²) in [5.41, 5.74) is 1.46. The molecule has 2 nitrogen and oxygen atoms in total. The van der Waals surface area contributed by atoms with Crippen LogP contribution in [0.5, 0.6) is 0 Å². The minimum Gasteiger partial charge on any atom is -0.346 e. The van der Waals surface area contributed by atoms with Crippen molar-refractivity contribution in [3.05, 3.63) is 35.9 Å². The number of fused-ring (bicyclic) bond motifs is 1. The zero-order valence-corrected chi connectivity index (χ0v) is 9.10. The second kappa shape index (κ2) is 3.95. The molecule has 1 aromatic carbocycles. The Bertz CT molecular complexity index is 311. The van der Waals surface area contributed by atoms with Gasteiger partial charge < -0.3 is 5.32 Å². The van der Waals surface area contributed by atoms with E-state index in [4.69, 9.17) is 0 Å². The maximum atomic E-state index is 2.62. The van der Waals surface area contributed by atoms with Gasteiger partial charge in [0, 0.05) is 31.5 Å². The van der Waals surface area contributed by atoms with E-state index < -0.39 is 0 Å². The number of hydrogen-bond acceptors (Lipinski definition) is 1. The van der Waals surface area contributed by atoms with Gasteiger partial charge in [0.2, 0.25) is 0 Å². The molecule has 2 heterocycles. The number of hydrogen-bond donors (Lipinski definition) is 1. The first-order valence-electron chi connectivity index (χ1n) is 6.00. The molecule has 0 aliphatic carbocycles. The highest BCUT2D eigenvalue weighted by Gasteiger charge is 2.38. The second-order valence-corrected chi connectivity index (χ2v) is 4.96. The smallest absolute Gasteiger partial charge is 0.0801 e. The Morgan fingerprint density at radius 1 is 1.07 bits per heavy atom. The molecule has 0 saturated carbocycles. The van der Waals surface area contributed by atoms with Gasteiger partial charge in [-0.05, 0) is 5.56 Å². The minimum atomic E-state index is 0.966. The highest BCUT2D eigenvalue weighted by molar-refractivity contribution is 5.14. The molecular weight excluding hydrogens is 184 g/mol. The van der Waals surface area contributed by atoms with Crippen LogP contribution in [0, 0.1) is 11.8 Å². The van der Waals surface area contributed by atoms with Crippen LogP contribution < -0.4 is 5.32 Å². The Kier molecular flexibility index (Phi) is 2.47.